The number of carbonyl (C=O) groups is 1. The quantitative estimate of drug-likeness (QED) is 0.840. The van der Waals surface area contributed by atoms with Crippen LogP contribution >= 0.6 is 23.1 Å². The molecule has 7 heteroatoms. The van der Waals surface area contributed by atoms with Gasteiger partial charge in [-0.05, 0) is 42.7 Å². The maximum absolute atomic E-state index is 12.7. The Hall–Kier alpha value is -1.99. The molecule has 1 aromatic heterocycles. The van der Waals surface area contributed by atoms with Crippen LogP contribution in [0.4, 0.5) is 0 Å². The summed E-state index contributed by atoms with van der Waals surface area (Å²) in [7, 11) is 1.63. The van der Waals surface area contributed by atoms with Crippen LogP contribution in [-0.2, 0) is 11.2 Å². The van der Waals surface area contributed by atoms with Gasteiger partial charge in [0.25, 0.3) is 0 Å². The second-order valence-electron chi connectivity index (χ2n) is 5.38. The standard InChI is InChI=1S/C17H17N3O2S2/c1-4-13-19-20-17(24-13)14-15(21)12(23-16(14)18)8-10-5-6-11(22-3)7-9(10)2/h5-8,14,18H,4H2,1-3H3/b12-8-,18-16?/t14-/m0/s1. The van der Waals surface area contributed by atoms with Crippen LogP contribution in [0, 0.1) is 12.3 Å². The van der Waals surface area contributed by atoms with Crippen molar-refractivity contribution < 1.29 is 9.53 Å². The zero-order valence-corrected chi connectivity index (χ0v) is 15.3. The molecule has 1 aliphatic heterocycles. The number of thioether (sulfide) groups is 1. The largest absolute Gasteiger partial charge is 0.497 e. The Morgan fingerprint density at radius 1 is 1.38 bits per heavy atom. The Morgan fingerprint density at radius 2 is 2.17 bits per heavy atom. The van der Waals surface area contributed by atoms with E-state index in [-0.39, 0.29) is 5.78 Å². The van der Waals surface area contributed by atoms with Crippen LogP contribution < -0.4 is 4.74 Å². The van der Waals surface area contributed by atoms with Gasteiger partial charge in [-0.2, -0.15) is 0 Å². The van der Waals surface area contributed by atoms with Crippen molar-refractivity contribution >= 4 is 40.0 Å². The summed E-state index contributed by atoms with van der Waals surface area (Å²) >= 11 is 2.62. The Kier molecular flexibility index (Phi) is 4.82. The van der Waals surface area contributed by atoms with E-state index < -0.39 is 5.92 Å². The number of methoxy groups -OCH3 is 1. The van der Waals surface area contributed by atoms with Gasteiger partial charge in [0, 0.05) is 0 Å². The first kappa shape index (κ1) is 16.9. The number of hydrogen-bond acceptors (Lipinski definition) is 7. The predicted octanol–water partition coefficient (Wildman–Crippen LogP) is 3.84. The summed E-state index contributed by atoms with van der Waals surface area (Å²) in [5.41, 5.74) is 1.97. The van der Waals surface area contributed by atoms with Gasteiger partial charge in [-0.1, -0.05) is 24.8 Å². The number of allylic oxidation sites excluding steroid dienone is 1. The number of rotatable bonds is 4. The van der Waals surface area contributed by atoms with Crippen molar-refractivity contribution in [1.29, 1.82) is 5.41 Å². The highest BCUT2D eigenvalue weighted by molar-refractivity contribution is 8.19. The average molecular weight is 359 g/mol. The molecule has 1 fully saturated rings. The van der Waals surface area contributed by atoms with Crippen LogP contribution in [0.1, 0.15) is 34.0 Å². The number of ether oxygens (including phenoxy) is 1. The molecule has 0 radical (unpaired) electrons. The Morgan fingerprint density at radius 3 is 2.79 bits per heavy atom. The molecule has 1 aliphatic rings. The van der Waals surface area contributed by atoms with Crippen LogP contribution in [-0.4, -0.2) is 28.1 Å². The number of Topliss-reactive ketones (excluding diaryl/α,β-unsaturated/α-hetero) is 1. The van der Waals surface area contributed by atoms with Gasteiger partial charge >= 0.3 is 0 Å². The highest BCUT2D eigenvalue weighted by Gasteiger charge is 2.39. The van der Waals surface area contributed by atoms with E-state index in [1.165, 1.54) is 23.1 Å². The molecule has 0 saturated carbocycles. The van der Waals surface area contributed by atoms with Crippen LogP contribution in [0.15, 0.2) is 23.1 Å². The Balaban J connectivity index is 1.91. The lowest BCUT2D eigenvalue weighted by Crippen LogP contribution is -2.11. The summed E-state index contributed by atoms with van der Waals surface area (Å²) in [6.45, 7) is 3.97. The minimum absolute atomic E-state index is 0.0704. The predicted molar refractivity (Wildman–Crippen MR) is 98.1 cm³/mol. The summed E-state index contributed by atoms with van der Waals surface area (Å²) in [6, 6.07) is 5.72. The van der Waals surface area contributed by atoms with Crippen molar-refractivity contribution in [1.82, 2.24) is 10.2 Å². The van der Waals surface area contributed by atoms with Crippen LogP contribution in [0.25, 0.3) is 6.08 Å². The van der Waals surface area contributed by atoms with Gasteiger partial charge in [0.1, 0.15) is 21.7 Å². The SMILES string of the molecule is CCc1nnc([C@@H]2C(=N)S/C(=C\c3ccc(OC)cc3C)C2=O)s1. The number of ketones is 1. The zero-order chi connectivity index (χ0) is 17.3. The fourth-order valence-corrected chi connectivity index (χ4v) is 4.36. The van der Waals surface area contributed by atoms with Crippen LogP contribution in [0.3, 0.4) is 0 Å². The zero-order valence-electron chi connectivity index (χ0n) is 13.6. The van der Waals surface area contributed by atoms with E-state index in [1.807, 2.05) is 38.1 Å². The third-order valence-electron chi connectivity index (χ3n) is 3.78. The molecule has 0 amide bonds. The Bertz CT molecular complexity index is 842. The van der Waals surface area contributed by atoms with Crippen molar-refractivity contribution in [2.24, 2.45) is 0 Å². The fourth-order valence-electron chi connectivity index (χ4n) is 2.42. The van der Waals surface area contributed by atoms with E-state index in [0.29, 0.717) is 15.0 Å². The molecule has 0 aliphatic carbocycles. The van der Waals surface area contributed by atoms with E-state index in [9.17, 15) is 4.79 Å². The number of benzene rings is 1. The summed E-state index contributed by atoms with van der Waals surface area (Å²) in [6.07, 6.45) is 2.63. The Labute approximate surface area is 148 Å². The maximum Gasteiger partial charge on any atom is 0.186 e. The van der Waals surface area contributed by atoms with E-state index >= 15 is 0 Å². The van der Waals surface area contributed by atoms with Gasteiger partial charge in [-0.25, -0.2) is 0 Å². The third-order valence-corrected chi connectivity index (χ3v) is 5.91. The van der Waals surface area contributed by atoms with Crippen molar-refractivity contribution in [3.05, 3.63) is 44.2 Å². The third kappa shape index (κ3) is 3.14. The lowest BCUT2D eigenvalue weighted by molar-refractivity contribution is -0.114. The second-order valence-corrected chi connectivity index (χ2v) is 7.56. The number of aryl methyl sites for hydroxylation is 2. The number of carbonyl (C=O) groups excluding carboxylic acids is 1. The lowest BCUT2D eigenvalue weighted by Gasteiger charge is -2.05. The number of nitrogens with zero attached hydrogens (tertiary/aromatic N) is 2. The van der Waals surface area contributed by atoms with Gasteiger partial charge in [0.2, 0.25) is 0 Å². The van der Waals surface area contributed by atoms with E-state index in [2.05, 4.69) is 10.2 Å². The first-order chi connectivity index (χ1) is 11.5. The molecule has 1 N–H and O–H groups in total. The summed E-state index contributed by atoms with van der Waals surface area (Å²) in [5, 5.41) is 18.2. The smallest absolute Gasteiger partial charge is 0.186 e. The van der Waals surface area contributed by atoms with Gasteiger partial charge in [-0.15, -0.1) is 21.5 Å². The normalized spacial score (nSPS) is 19.3. The van der Waals surface area contributed by atoms with Gasteiger partial charge in [0.05, 0.1) is 17.1 Å². The summed E-state index contributed by atoms with van der Waals surface area (Å²) in [4.78, 5) is 13.3. The highest BCUT2D eigenvalue weighted by Crippen LogP contribution is 2.41. The van der Waals surface area contributed by atoms with Crippen molar-refractivity contribution in [2.75, 3.05) is 7.11 Å². The van der Waals surface area contributed by atoms with Gasteiger partial charge in [0.15, 0.2) is 5.78 Å². The molecule has 124 valence electrons. The number of aromatic nitrogens is 2. The minimum atomic E-state index is -0.599. The topological polar surface area (TPSA) is 75.9 Å². The molecule has 1 saturated heterocycles. The lowest BCUT2D eigenvalue weighted by atomic mass is 10.0. The number of nitrogens with one attached hydrogen (secondary N) is 1. The monoisotopic (exact) mass is 359 g/mol. The van der Waals surface area contributed by atoms with E-state index in [4.69, 9.17) is 10.1 Å². The molecule has 2 aromatic rings. The molecule has 3 rings (SSSR count). The number of hydrogen-bond donors (Lipinski definition) is 1. The second kappa shape index (κ2) is 6.86. The van der Waals surface area contributed by atoms with Crippen molar-refractivity contribution in [3.8, 4) is 5.75 Å². The molecule has 1 aromatic carbocycles. The molecule has 1 atom stereocenters. The summed E-state index contributed by atoms with van der Waals surface area (Å²) in [5.74, 6) is 0.114. The van der Waals surface area contributed by atoms with E-state index in [0.717, 1.165) is 28.3 Å². The molecule has 0 unspecified atom stereocenters. The molecular weight excluding hydrogens is 342 g/mol. The molecule has 0 bridgehead atoms. The first-order valence-electron chi connectivity index (χ1n) is 7.52. The molecular formula is C17H17N3O2S2. The highest BCUT2D eigenvalue weighted by atomic mass is 32.2. The van der Waals surface area contributed by atoms with Gasteiger partial charge < -0.3 is 4.74 Å². The fraction of sp³-hybridized carbons (Fsp3) is 0.294. The molecule has 5 nitrogen and oxygen atoms in total. The molecule has 2 heterocycles. The first-order valence-corrected chi connectivity index (χ1v) is 9.16. The van der Waals surface area contributed by atoms with Crippen LogP contribution in [0.5, 0.6) is 5.75 Å². The minimum Gasteiger partial charge on any atom is -0.497 e. The van der Waals surface area contributed by atoms with Crippen molar-refractivity contribution in [2.45, 2.75) is 26.2 Å². The molecule has 24 heavy (non-hydrogen) atoms. The summed E-state index contributed by atoms with van der Waals surface area (Å²) < 4.78 is 5.21. The maximum atomic E-state index is 12.7. The molecule has 0 spiro atoms. The van der Waals surface area contributed by atoms with Crippen LogP contribution in [0.2, 0.25) is 0 Å². The van der Waals surface area contributed by atoms with Gasteiger partial charge in [-0.3, -0.25) is 10.2 Å². The van der Waals surface area contributed by atoms with Crippen molar-refractivity contribution in [3.63, 3.8) is 0 Å². The van der Waals surface area contributed by atoms with E-state index in [1.54, 1.807) is 7.11 Å². The average Bonchev–Trinajstić information content (AvgIpc) is 3.14.